The van der Waals surface area contributed by atoms with Gasteiger partial charge >= 0.3 is 0 Å². The lowest BCUT2D eigenvalue weighted by molar-refractivity contribution is 0.128. The second-order valence-corrected chi connectivity index (χ2v) is 6.10. The van der Waals surface area contributed by atoms with Crippen molar-refractivity contribution < 1.29 is 4.74 Å². The summed E-state index contributed by atoms with van der Waals surface area (Å²) in [7, 11) is 0. The van der Waals surface area contributed by atoms with Gasteiger partial charge in [0.15, 0.2) is 5.82 Å². The molecule has 1 atom stereocenters. The Labute approximate surface area is 148 Å². The van der Waals surface area contributed by atoms with Gasteiger partial charge in [0.05, 0.1) is 11.7 Å². The van der Waals surface area contributed by atoms with Crippen molar-refractivity contribution >= 4 is 5.82 Å². The van der Waals surface area contributed by atoms with E-state index in [-0.39, 0.29) is 6.04 Å². The van der Waals surface area contributed by atoms with E-state index in [1.165, 1.54) is 5.56 Å². The van der Waals surface area contributed by atoms with Gasteiger partial charge in [-0.05, 0) is 33.7 Å². The predicted molar refractivity (Wildman–Crippen MR) is 95.4 cm³/mol. The molecule has 8 nitrogen and oxygen atoms in total. The molecule has 1 aliphatic heterocycles. The highest BCUT2D eigenvalue weighted by atomic mass is 16.5. The van der Waals surface area contributed by atoms with Crippen LogP contribution in [0.1, 0.15) is 49.7 Å². The van der Waals surface area contributed by atoms with Gasteiger partial charge in [0.25, 0.3) is 0 Å². The lowest BCUT2D eigenvalue weighted by atomic mass is 10.1. The fourth-order valence-electron chi connectivity index (χ4n) is 3.10. The fourth-order valence-corrected chi connectivity index (χ4v) is 3.10. The second kappa shape index (κ2) is 8.35. The fraction of sp³-hybridized carbons (Fsp3) is 0.647. The van der Waals surface area contributed by atoms with E-state index in [1.54, 1.807) is 6.33 Å². The highest BCUT2D eigenvalue weighted by Gasteiger charge is 2.20. The van der Waals surface area contributed by atoms with E-state index in [0.717, 1.165) is 55.6 Å². The number of rotatable bonds is 7. The second-order valence-electron chi connectivity index (χ2n) is 6.10. The Bertz CT molecular complexity index is 700. The largest absolute Gasteiger partial charge is 0.374 e. The first kappa shape index (κ1) is 17.8. The maximum Gasteiger partial charge on any atom is 0.156 e. The van der Waals surface area contributed by atoms with Crippen LogP contribution in [-0.2, 0) is 30.7 Å². The Hall–Kier alpha value is -2.06. The van der Waals surface area contributed by atoms with Crippen molar-refractivity contribution in [3.05, 3.63) is 29.2 Å². The first-order valence-corrected chi connectivity index (χ1v) is 9.04. The van der Waals surface area contributed by atoms with Crippen LogP contribution in [0.5, 0.6) is 0 Å². The molecule has 25 heavy (non-hydrogen) atoms. The number of anilines is 1. The molecule has 3 heterocycles. The quantitative estimate of drug-likeness (QED) is 0.785. The average molecular weight is 345 g/mol. The molecule has 136 valence electrons. The Morgan fingerprint density at radius 1 is 1.28 bits per heavy atom. The molecule has 8 heteroatoms. The molecule has 2 aromatic heterocycles. The molecule has 1 aliphatic rings. The summed E-state index contributed by atoms with van der Waals surface area (Å²) in [6, 6.07) is 0.0117. The number of nitrogens with zero attached hydrogens (tertiary/aromatic N) is 5. The smallest absolute Gasteiger partial charge is 0.156 e. The van der Waals surface area contributed by atoms with Gasteiger partial charge in [0.2, 0.25) is 0 Å². The third kappa shape index (κ3) is 4.13. The lowest BCUT2D eigenvalue weighted by Gasteiger charge is -2.19. The number of fused-ring (bicyclic) bond motifs is 1. The minimum Gasteiger partial charge on any atom is -0.374 e. The van der Waals surface area contributed by atoms with Gasteiger partial charge < -0.3 is 15.4 Å². The van der Waals surface area contributed by atoms with E-state index in [2.05, 4.69) is 34.6 Å². The summed E-state index contributed by atoms with van der Waals surface area (Å²) >= 11 is 0. The number of hydrogen-bond acceptors (Lipinski definition) is 7. The van der Waals surface area contributed by atoms with Gasteiger partial charge in [0.1, 0.15) is 24.6 Å². The number of ether oxygens (including phenoxy) is 1. The van der Waals surface area contributed by atoms with Gasteiger partial charge in [0, 0.05) is 31.7 Å². The molecule has 0 bridgehead atoms. The number of hydrogen-bond donors (Lipinski definition) is 2. The molecule has 0 radical (unpaired) electrons. The van der Waals surface area contributed by atoms with E-state index < -0.39 is 0 Å². The first-order valence-electron chi connectivity index (χ1n) is 9.04. The first-order chi connectivity index (χ1) is 12.2. The molecule has 0 spiro atoms. The van der Waals surface area contributed by atoms with Gasteiger partial charge in [-0.2, -0.15) is 5.10 Å². The van der Waals surface area contributed by atoms with Gasteiger partial charge in [-0.15, -0.1) is 0 Å². The number of aryl methyl sites for hydroxylation is 1. The summed E-state index contributed by atoms with van der Waals surface area (Å²) in [6.07, 6.45) is 3.42. The standard InChI is InChI=1S/C17H27N7O/c1-4-24-17(19-11-20-24)12(3)21-16-13-6-8-18-9-7-14(13)22-15(23-16)10-25-5-2/h11-12,18H,4-10H2,1-3H3,(H,21,22,23)/t12-/m0/s1. The van der Waals surface area contributed by atoms with Crippen molar-refractivity contribution in [1.82, 2.24) is 30.0 Å². The van der Waals surface area contributed by atoms with Gasteiger partial charge in [-0.1, -0.05) is 0 Å². The van der Waals surface area contributed by atoms with Crippen molar-refractivity contribution in [1.29, 1.82) is 0 Å². The van der Waals surface area contributed by atoms with Gasteiger partial charge in [-0.3, -0.25) is 0 Å². The van der Waals surface area contributed by atoms with Crippen molar-refractivity contribution in [3.8, 4) is 0 Å². The molecule has 0 aliphatic carbocycles. The zero-order valence-corrected chi connectivity index (χ0v) is 15.2. The Morgan fingerprint density at radius 3 is 2.92 bits per heavy atom. The molecule has 0 amide bonds. The monoisotopic (exact) mass is 345 g/mol. The SMILES string of the molecule is CCOCc1nc2c(c(N[C@@H](C)c3ncnn3CC)n1)CCNCC2. The number of aromatic nitrogens is 5. The highest BCUT2D eigenvalue weighted by Crippen LogP contribution is 2.24. The van der Waals surface area contributed by atoms with Crippen LogP contribution in [-0.4, -0.2) is 44.4 Å². The molecule has 2 aromatic rings. The summed E-state index contributed by atoms with van der Waals surface area (Å²) < 4.78 is 7.42. The van der Waals surface area contributed by atoms with Gasteiger partial charge in [-0.25, -0.2) is 19.6 Å². The third-order valence-corrected chi connectivity index (χ3v) is 4.35. The van der Waals surface area contributed by atoms with Crippen LogP contribution in [0, 0.1) is 0 Å². The zero-order valence-electron chi connectivity index (χ0n) is 15.2. The van der Waals surface area contributed by atoms with Crippen molar-refractivity contribution in [3.63, 3.8) is 0 Å². The lowest BCUT2D eigenvalue weighted by Crippen LogP contribution is -2.18. The van der Waals surface area contributed by atoms with E-state index in [9.17, 15) is 0 Å². The topological polar surface area (TPSA) is 89.8 Å². The average Bonchev–Trinajstić information content (AvgIpc) is 2.97. The van der Waals surface area contributed by atoms with Crippen molar-refractivity contribution in [2.45, 2.75) is 52.8 Å². The zero-order chi connectivity index (χ0) is 17.6. The Kier molecular flexibility index (Phi) is 5.93. The van der Waals surface area contributed by atoms with Crippen LogP contribution in [0.3, 0.4) is 0 Å². The molecule has 0 saturated heterocycles. The summed E-state index contributed by atoms with van der Waals surface area (Å²) in [4.78, 5) is 13.9. The van der Waals surface area contributed by atoms with E-state index in [4.69, 9.17) is 14.7 Å². The Morgan fingerprint density at radius 2 is 2.12 bits per heavy atom. The summed E-state index contributed by atoms with van der Waals surface area (Å²) in [5.74, 6) is 2.53. The maximum absolute atomic E-state index is 5.52. The van der Waals surface area contributed by atoms with E-state index >= 15 is 0 Å². The predicted octanol–water partition coefficient (Wildman–Crippen LogP) is 1.49. The maximum atomic E-state index is 5.52. The van der Waals surface area contributed by atoms with Crippen LogP contribution in [0.15, 0.2) is 6.33 Å². The summed E-state index contributed by atoms with van der Waals surface area (Å²) in [5, 5.41) is 11.2. The summed E-state index contributed by atoms with van der Waals surface area (Å²) in [6.45, 7) is 9.89. The molecular formula is C17H27N7O. The Balaban J connectivity index is 1.90. The van der Waals surface area contributed by atoms with Crippen LogP contribution in [0.25, 0.3) is 0 Å². The molecule has 0 unspecified atom stereocenters. The molecule has 2 N–H and O–H groups in total. The molecule has 0 aromatic carbocycles. The van der Waals surface area contributed by atoms with Crippen molar-refractivity contribution in [2.75, 3.05) is 25.0 Å². The summed E-state index contributed by atoms with van der Waals surface area (Å²) in [5.41, 5.74) is 2.31. The van der Waals surface area contributed by atoms with Crippen LogP contribution < -0.4 is 10.6 Å². The molecule has 0 fully saturated rings. The van der Waals surface area contributed by atoms with Crippen LogP contribution in [0.2, 0.25) is 0 Å². The normalized spacial score (nSPS) is 15.5. The molecular weight excluding hydrogens is 318 g/mol. The highest BCUT2D eigenvalue weighted by molar-refractivity contribution is 5.48. The minimum atomic E-state index is 0.0117. The molecule has 0 saturated carbocycles. The number of nitrogens with one attached hydrogen (secondary N) is 2. The minimum absolute atomic E-state index is 0.0117. The van der Waals surface area contributed by atoms with Crippen molar-refractivity contribution in [2.24, 2.45) is 0 Å². The molecule has 3 rings (SSSR count). The van der Waals surface area contributed by atoms with Crippen LogP contribution in [0.4, 0.5) is 5.82 Å². The van der Waals surface area contributed by atoms with E-state index in [1.807, 2.05) is 11.6 Å². The third-order valence-electron chi connectivity index (χ3n) is 4.35. The van der Waals surface area contributed by atoms with Crippen LogP contribution >= 0.6 is 0 Å². The van der Waals surface area contributed by atoms with E-state index in [0.29, 0.717) is 13.2 Å².